The van der Waals surface area contributed by atoms with Crippen LogP contribution in [0.3, 0.4) is 0 Å². The number of hydrogen-bond acceptors (Lipinski definition) is 2. The van der Waals surface area contributed by atoms with E-state index in [1.807, 2.05) is 0 Å². The molecule has 76 valence electrons. The normalized spacial score (nSPS) is 50.5. The summed E-state index contributed by atoms with van der Waals surface area (Å²) < 4.78 is 0. The van der Waals surface area contributed by atoms with Crippen molar-refractivity contribution >= 4 is 0 Å². The second-order valence-electron chi connectivity index (χ2n) is 4.88. The summed E-state index contributed by atoms with van der Waals surface area (Å²) in [5.41, 5.74) is 0. The van der Waals surface area contributed by atoms with E-state index in [0.717, 1.165) is 18.8 Å². The molecule has 5 unspecified atom stereocenters. The summed E-state index contributed by atoms with van der Waals surface area (Å²) in [6.45, 7) is 2.56. The Morgan fingerprint density at radius 1 is 1.15 bits per heavy atom. The van der Waals surface area contributed by atoms with Crippen molar-refractivity contribution in [2.45, 2.75) is 38.7 Å². The van der Waals surface area contributed by atoms with E-state index in [2.05, 4.69) is 6.92 Å². The molecular formula is C11H20O2. The average Bonchev–Trinajstić information content (AvgIpc) is 2.51. The van der Waals surface area contributed by atoms with Gasteiger partial charge in [-0.2, -0.15) is 0 Å². The van der Waals surface area contributed by atoms with Crippen LogP contribution in [-0.4, -0.2) is 22.9 Å². The number of hydrogen-bond donors (Lipinski definition) is 2. The van der Waals surface area contributed by atoms with Crippen LogP contribution in [0.25, 0.3) is 0 Å². The van der Waals surface area contributed by atoms with Crippen molar-refractivity contribution in [3.05, 3.63) is 0 Å². The largest absolute Gasteiger partial charge is 0.396 e. The third-order valence-corrected chi connectivity index (χ3v) is 4.24. The molecule has 0 saturated heterocycles. The highest BCUT2D eigenvalue weighted by molar-refractivity contribution is 4.94. The lowest BCUT2D eigenvalue weighted by atomic mass is 9.68. The van der Waals surface area contributed by atoms with Crippen LogP contribution < -0.4 is 0 Å². The van der Waals surface area contributed by atoms with Crippen molar-refractivity contribution in [2.75, 3.05) is 6.61 Å². The topological polar surface area (TPSA) is 40.5 Å². The summed E-state index contributed by atoms with van der Waals surface area (Å²) in [6, 6.07) is 0. The lowest BCUT2D eigenvalue weighted by Crippen LogP contribution is -2.36. The predicted molar refractivity (Wildman–Crippen MR) is 51.2 cm³/mol. The minimum Gasteiger partial charge on any atom is -0.396 e. The Labute approximate surface area is 80.0 Å². The van der Waals surface area contributed by atoms with Crippen LogP contribution >= 0.6 is 0 Å². The predicted octanol–water partition coefficient (Wildman–Crippen LogP) is 1.41. The fourth-order valence-corrected chi connectivity index (χ4v) is 3.46. The number of rotatable bonds is 1. The second-order valence-corrected chi connectivity index (χ2v) is 4.88. The highest BCUT2D eigenvalue weighted by Gasteiger charge is 2.44. The molecule has 0 aromatic rings. The van der Waals surface area contributed by atoms with Gasteiger partial charge in [-0.1, -0.05) is 13.3 Å². The molecule has 2 N–H and O–H groups in total. The van der Waals surface area contributed by atoms with E-state index in [-0.39, 0.29) is 12.7 Å². The van der Waals surface area contributed by atoms with E-state index in [1.54, 1.807) is 0 Å². The second kappa shape index (κ2) is 3.58. The van der Waals surface area contributed by atoms with Gasteiger partial charge in [0.1, 0.15) is 0 Å². The maximum atomic E-state index is 9.83. The van der Waals surface area contributed by atoms with Gasteiger partial charge in [-0.15, -0.1) is 0 Å². The Hall–Kier alpha value is -0.0800. The molecule has 0 aromatic heterocycles. The summed E-state index contributed by atoms with van der Waals surface area (Å²) in [6.07, 6.45) is 4.33. The molecule has 0 aliphatic heterocycles. The summed E-state index contributed by atoms with van der Waals surface area (Å²) in [4.78, 5) is 0. The maximum absolute atomic E-state index is 9.83. The zero-order valence-corrected chi connectivity index (χ0v) is 8.32. The summed E-state index contributed by atoms with van der Waals surface area (Å²) in [5.74, 6) is 2.21. The average molecular weight is 184 g/mol. The van der Waals surface area contributed by atoms with Gasteiger partial charge < -0.3 is 10.2 Å². The molecule has 0 spiro atoms. The fourth-order valence-electron chi connectivity index (χ4n) is 3.46. The van der Waals surface area contributed by atoms with Gasteiger partial charge in [0.25, 0.3) is 0 Å². The standard InChI is InChI=1S/C11H20O2/c1-7-2-3-8(6-12)11-9(7)4-5-10(11)13/h7-13H,2-6H2,1H3. The summed E-state index contributed by atoms with van der Waals surface area (Å²) >= 11 is 0. The van der Waals surface area contributed by atoms with Crippen molar-refractivity contribution in [3.8, 4) is 0 Å². The molecule has 13 heavy (non-hydrogen) atoms. The van der Waals surface area contributed by atoms with Gasteiger partial charge in [0.05, 0.1) is 6.10 Å². The molecule has 0 bridgehead atoms. The summed E-state index contributed by atoms with van der Waals surface area (Å²) in [5, 5.41) is 19.1. The van der Waals surface area contributed by atoms with E-state index in [9.17, 15) is 10.2 Å². The minimum absolute atomic E-state index is 0.134. The molecular weight excluding hydrogens is 164 g/mol. The Kier molecular flexibility index (Phi) is 2.61. The van der Waals surface area contributed by atoms with Crippen LogP contribution in [0.5, 0.6) is 0 Å². The zero-order valence-electron chi connectivity index (χ0n) is 8.32. The van der Waals surface area contributed by atoms with Crippen LogP contribution in [0.15, 0.2) is 0 Å². The number of aliphatic hydroxyl groups excluding tert-OH is 2. The quantitative estimate of drug-likeness (QED) is 0.647. The van der Waals surface area contributed by atoms with Crippen molar-refractivity contribution in [2.24, 2.45) is 23.7 Å². The first kappa shape index (κ1) is 9.47. The molecule has 2 fully saturated rings. The van der Waals surface area contributed by atoms with Crippen molar-refractivity contribution in [3.63, 3.8) is 0 Å². The van der Waals surface area contributed by atoms with E-state index in [0.29, 0.717) is 17.8 Å². The molecule has 2 nitrogen and oxygen atoms in total. The fraction of sp³-hybridized carbons (Fsp3) is 1.00. The molecule has 0 heterocycles. The Morgan fingerprint density at radius 3 is 2.62 bits per heavy atom. The molecule has 2 aliphatic carbocycles. The van der Waals surface area contributed by atoms with Gasteiger partial charge in [0.2, 0.25) is 0 Å². The van der Waals surface area contributed by atoms with E-state index in [4.69, 9.17) is 0 Å². The minimum atomic E-state index is -0.134. The van der Waals surface area contributed by atoms with Gasteiger partial charge in [-0.05, 0) is 42.9 Å². The summed E-state index contributed by atoms with van der Waals surface area (Å²) in [7, 11) is 0. The van der Waals surface area contributed by atoms with Crippen molar-refractivity contribution in [1.82, 2.24) is 0 Å². The Balaban J connectivity index is 2.12. The SMILES string of the molecule is CC1CCC(CO)C2C(O)CCC12. The Bertz CT molecular complexity index is 181. The molecule has 0 aromatic carbocycles. The van der Waals surface area contributed by atoms with Crippen LogP contribution in [0, 0.1) is 23.7 Å². The number of aliphatic hydroxyl groups is 2. The van der Waals surface area contributed by atoms with Crippen LogP contribution in [0.2, 0.25) is 0 Å². The van der Waals surface area contributed by atoms with Gasteiger partial charge in [0, 0.05) is 6.61 Å². The molecule has 2 aliphatic rings. The first-order valence-electron chi connectivity index (χ1n) is 5.53. The third-order valence-electron chi connectivity index (χ3n) is 4.24. The highest BCUT2D eigenvalue weighted by Crippen LogP contribution is 2.48. The van der Waals surface area contributed by atoms with Crippen molar-refractivity contribution < 1.29 is 10.2 Å². The molecule has 5 atom stereocenters. The van der Waals surface area contributed by atoms with E-state index < -0.39 is 0 Å². The third kappa shape index (κ3) is 1.50. The van der Waals surface area contributed by atoms with Gasteiger partial charge in [0.15, 0.2) is 0 Å². The van der Waals surface area contributed by atoms with Crippen LogP contribution in [0.1, 0.15) is 32.6 Å². The van der Waals surface area contributed by atoms with Gasteiger partial charge in [-0.3, -0.25) is 0 Å². The lowest BCUT2D eigenvalue weighted by Gasteiger charge is -2.38. The molecule has 0 radical (unpaired) electrons. The van der Waals surface area contributed by atoms with Gasteiger partial charge in [-0.25, -0.2) is 0 Å². The highest BCUT2D eigenvalue weighted by atomic mass is 16.3. The molecule has 2 saturated carbocycles. The lowest BCUT2D eigenvalue weighted by molar-refractivity contribution is 0.00789. The number of fused-ring (bicyclic) bond motifs is 1. The Morgan fingerprint density at radius 2 is 1.92 bits per heavy atom. The maximum Gasteiger partial charge on any atom is 0.0574 e. The first-order chi connectivity index (χ1) is 6.24. The smallest absolute Gasteiger partial charge is 0.0574 e. The molecule has 0 amide bonds. The van der Waals surface area contributed by atoms with E-state index >= 15 is 0 Å². The van der Waals surface area contributed by atoms with Crippen LogP contribution in [-0.2, 0) is 0 Å². The zero-order chi connectivity index (χ0) is 9.42. The monoisotopic (exact) mass is 184 g/mol. The van der Waals surface area contributed by atoms with Crippen LogP contribution in [0.4, 0.5) is 0 Å². The van der Waals surface area contributed by atoms with E-state index in [1.165, 1.54) is 12.8 Å². The van der Waals surface area contributed by atoms with Gasteiger partial charge >= 0.3 is 0 Å². The molecule has 2 heteroatoms. The molecule has 2 rings (SSSR count). The first-order valence-corrected chi connectivity index (χ1v) is 5.53. The van der Waals surface area contributed by atoms with Crippen molar-refractivity contribution in [1.29, 1.82) is 0 Å².